The Labute approximate surface area is 56.4 Å². The minimum atomic E-state index is 0.921. The maximum atomic E-state index is 5.38. The third kappa shape index (κ3) is 0.787. The van der Waals surface area contributed by atoms with Gasteiger partial charge in [0, 0.05) is 13.2 Å². The Kier molecular flexibility index (Phi) is 1.26. The lowest BCUT2D eigenvalue weighted by molar-refractivity contribution is 0.165. The minimum absolute atomic E-state index is 0.921. The molecular formula is C8H14O. The van der Waals surface area contributed by atoms with Crippen LogP contribution in [0.15, 0.2) is 0 Å². The maximum Gasteiger partial charge on any atom is 0.0500 e. The van der Waals surface area contributed by atoms with Crippen molar-refractivity contribution < 1.29 is 4.74 Å². The summed E-state index contributed by atoms with van der Waals surface area (Å²) in [6.45, 7) is 4.46. The molecule has 0 radical (unpaired) electrons. The Bertz CT molecular complexity index is 111. The lowest BCUT2D eigenvalue weighted by Gasteiger charge is -2.09. The molecular weight excluding hydrogens is 112 g/mol. The van der Waals surface area contributed by atoms with Crippen molar-refractivity contribution in [3.63, 3.8) is 0 Å². The van der Waals surface area contributed by atoms with Crippen molar-refractivity contribution in [3.8, 4) is 0 Å². The van der Waals surface area contributed by atoms with E-state index in [-0.39, 0.29) is 0 Å². The summed E-state index contributed by atoms with van der Waals surface area (Å²) in [7, 11) is 0. The summed E-state index contributed by atoms with van der Waals surface area (Å²) in [6, 6.07) is 0. The number of hydrogen-bond donors (Lipinski definition) is 0. The molecule has 2 aliphatic rings. The third-order valence-electron chi connectivity index (χ3n) is 2.97. The average molecular weight is 126 g/mol. The summed E-state index contributed by atoms with van der Waals surface area (Å²) in [5, 5.41) is 0. The van der Waals surface area contributed by atoms with E-state index in [2.05, 4.69) is 6.92 Å². The monoisotopic (exact) mass is 126 g/mol. The predicted molar refractivity (Wildman–Crippen MR) is 36.2 cm³/mol. The van der Waals surface area contributed by atoms with Crippen LogP contribution in [0, 0.1) is 17.8 Å². The Morgan fingerprint density at radius 2 is 2.11 bits per heavy atom. The van der Waals surface area contributed by atoms with Gasteiger partial charge in [0.1, 0.15) is 0 Å². The van der Waals surface area contributed by atoms with Crippen LogP contribution in [0.2, 0.25) is 0 Å². The molecule has 52 valence electrons. The fourth-order valence-electron chi connectivity index (χ4n) is 2.23. The standard InChI is InChI=1S/C8H14O/c1-6-2-3-7-4-9-5-8(6)7/h6-8H,2-5H2,1H3. The lowest BCUT2D eigenvalue weighted by Crippen LogP contribution is -2.09. The van der Waals surface area contributed by atoms with Crippen LogP contribution in [-0.4, -0.2) is 13.2 Å². The van der Waals surface area contributed by atoms with Crippen molar-refractivity contribution in [3.05, 3.63) is 0 Å². The molecule has 0 spiro atoms. The topological polar surface area (TPSA) is 9.23 Å². The van der Waals surface area contributed by atoms with E-state index < -0.39 is 0 Å². The van der Waals surface area contributed by atoms with Gasteiger partial charge in [0.25, 0.3) is 0 Å². The molecule has 9 heavy (non-hydrogen) atoms. The number of rotatable bonds is 0. The molecule has 1 nitrogen and oxygen atoms in total. The molecule has 3 atom stereocenters. The summed E-state index contributed by atoms with van der Waals surface area (Å²) >= 11 is 0. The minimum Gasteiger partial charge on any atom is -0.381 e. The zero-order valence-corrected chi connectivity index (χ0v) is 5.97. The summed E-state index contributed by atoms with van der Waals surface area (Å²) in [4.78, 5) is 0. The second kappa shape index (κ2) is 1.98. The van der Waals surface area contributed by atoms with Gasteiger partial charge in [-0.1, -0.05) is 6.92 Å². The highest BCUT2D eigenvalue weighted by atomic mass is 16.5. The fourth-order valence-corrected chi connectivity index (χ4v) is 2.23. The molecule has 0 aromatic rings. The second-order valence-corrected chi connectivity index (χ2v) is 3.52. The highest BCUT2D eigenvalue weighted by Gasteiger charge is 2.37. The zero-order valence-electron chi connectivity index (χ0n) is 5.97. The smallest absolute Gasteiger partial charge is 0.0500 e. The van der Waals surface area contributed by atoms with Crippen molar-refractivity contribution in [1.29, 1.82) is 0 Å². The Morgan fingerprint density at radius 3 is 2.89 bits per heavy atom. The summed E-state index contributed by atoms with van der Waals surface area (Å²) in [5.41, 5.74) is 0. The van der Waals surface area contributed by atoms with Gasteiger partial charge in [0.15, 0.2) is 0 Å². The van der Waals surface area contributed by atoms with Crippen LogP contribution in [0.3, 0.4) is 0 Å². The van der Waals surface area contributed by atoms with Gasteiger partial charge in [-0.3, -0.25) is 0 Å². The van der Waals surface area contributed by atoms with Gasteiger partial charge >= 0.3 is 0 Å². The third-order valence-corrected chi connectivity index (χ3v) is 2.97. The summed E-state index contributed by atoms with van der Waals surface area (Å²) in [6.07, 6.45) is 2.87. The van der Waals surface area contributed by atoms with E-state index >= 15 is 0 Å². The molecule has 0 aromatic carbocycles. The van der Waals surface area contributed by atoms with E-state index in [1.165, 1.54) is 12.8 Å². The number of hydrogen-bond acceptors (Lipinski definition) is 1. The maximum absolute atomic E-state index is 5.38. The highest BCUT2D eigenvalue weighted by Crippen LogP contribution is 2.40. The van der Waals surface area contributed by atoms with Crippen molar-refractivity contribution in [2.75, 3.05) is 13.2 Å². The van der Waals surface area contributed by atoms with Crippen LogP contribution < -0.4 is 0 Å². The van der Waals surface area contributed by atoms with E-state index in [9.17, 15) is 0 Å². The largest absolute Gasteiger partial charge is 0.381 e. The Hall–Kier alpha value is -0.0400. The molecule has 0 bridgehead atoms. The van der Waals surface area contributed by atoms with Crippen LogP contribution in [0.4, 0.5) is 0 Å². The van der Waals surface area contributed by atoms with Crippen LogP contribution in [0.5, 0.6) is 0 Å². The first-order valence-electron chi connectivity index (χ1n) is 3.95. The highest BCUT2D eigenvalue weighted by molar-refractivity contribution is 4.85. The molecule has 0 N–H and O–H groups in total. The van der Waals surface area contributed by atoms with Gasteiger partial charge < -0.3 is 4.74 Å². The average Bonchev–Trinajstić information content (AvgIpc) is 2.35. The molecule has 2 fully saturated rings. The van der Waals surface area contributed by atoms with Gasteiger partial charge in [-0.15, -0.1) is 0 Å². The fraction of sp³-hybridized carbons (Fsp3) is 1.00. The van der Waals surface area contributed by atoms with Crippen LogP contribution in [0.25, 0.3) is 0 Å². The van der Waals surface area contributed by atoms with Gasteiger partial charge in [-0.2, -0.15) is 0 Å². The quantitative estimate of drug-likeness (QED) is 0.480. The van der Waals surface area contributed by atoms with Crippen molar-refractivity contribution >= 4 is 0 Å². The number of fused-ring (bicyclic) bond motifs is 1. The van der Waals surface area contributed by atoms with E-state index in [1.54, 1.807) is 0 Å². The first kappa shape index (κ1) is 5.72. The molecule has 1 heterocycles. The van der Waals surface area contributed by atoms with E-state index in [0.717, 1.165) is 31.0 Å². The molecule has 1 saturated carbocycles. The van der Waals surface area contributed by atoms with E-state index in [1.807, 2.05) is 0 Å². The normalized spacial score (nSPS) is 49.7. The molecule has 0 aromatic heterocycles. The van der Waals surface area contributed by atoms with Gasteiger partial charge in [0.2, 0.25) is 0 Å². The van der Waals surface area contributed by atoms with Gasteiger partial charge in [-0.05, 0) is 30.6 Å². The molecule has 2 rings (SSSR count). The summed E-state index contributed by atoms with van der Waals surface area (Å²) in [5.74, 6) is 2.79. The first-order chi connectivity index (χ1) is 4.38. The van der Waals surface area contributed by atoms with E-state index in [4.69, 9.17) is 4.74 Å². The zero-order chi connectivity index (χ0) is 6.27. The number of ether oxygens (including phenoxy) is 1. The van der Waals surface area contributed by atoms with Crippen LogP contribution in [0.1, 0.15) is 19.8 Å². The van der Waals surface area contributed by atoms with Gasteiger partial charge in [0.05, 0.1) is 0 Å². The molecule has 1 heteroatoms. The molecule has 1 saturated heterocycles. The second-order valence-electron chi connectivity index (χ2n) is 3.52. The SMILES string of the molecule is CC1CCC2COCC12. The summed E-state index contributed by atoms with van der Waals surface area (Å²) < 4.78 is 5.38. The first-order valence-corrected chi connectivity index (χ1v) is 3.95. The van der Waals surface area contributed by atoms with Crippen molar-refractivity contribution in [2.45, 2.75) is 19.8 Å². The van der Waals surface area contributed by atoms with E-state index in [0.29, 0.717) is 0 Å². The van der Waals surface area contributed by atoms with Crippen LogP contribution in [-0.2, 0) is 4.74 Å². The Morgan fingerprint density at radius 1 is 1.22 bits per heavy atom. The molecule has 1 aliphatic heterocycles. The van der Waals surface area contributed by atoms with Crippen LogP contribution >= 0.6 is 0 Å². The predicted octanol–water partition coefficient (Wildman–Crippen LogP) is 1.68. The molecule has 3 unspecified atom stereocenters. The Balaban J connectivity index is 2.07. The van der Waals surface area contributed by atoms with Crippen molar-refractivity contribution in [2.24, 2.45) is 17.8 Å². The van der Waals surface area contributed by atoms with Gasteiger partial charge in [-0.25, -0.2) is 0 Å². The molecule has 0 amide bonds. The lowest BCUT2D eigenvalue weighted by atomic mass is 9.94. The van der Waals surface area contributed by atoms with Crippen molar-refractivity contribution in [1.82, 2.24) is 0 Å². The molecule has 1 aliphatic carbocycles.